The number of amides is 1. The predicted molar refractivity (Wildman–Crippen MR) is 101 cm³/mol. The third-order valence-corrected chi connectivity index (χ3v) is 5.78. The molecule has 0 saturated carbocycles. The zero-order valence-corrected chi connectivity index (χ0v) is 14.9. The van der Waals surface area contributed by atoms with Gasteiger partial charge >= 0.3 is 0 Å². The highest BCUT2D eigenvalue weighted by atomic mass is 32.2. The fourth-order valence-corrected chi connectivity index (χ4v) is 4.45. The van der Waals surface area contributed by atoms with Crippen molar-refractivity contribution in [3.05, 3.63) is 48.5 Å². The minimum atomic E-state index is 0.0867. The van der Waals surface area contributed by atoms with Gasteiger partial charge in [0.1, 0.15) is 0 Å². The number of anilines is 2. The lowest BCUT2D eigenvalue weighted by molar-refractivity contribution is -0.121. The van der Waals surface area contributed by atoms with E-state index in [-0.39, 0.29) is 12.0 Å². The Morgan fingerprint density at radius 3 is 2.44 bits per heavy atom. The maximum atomic E-state index is 12.3. The minimum absolute atomic E-state index is 0.0867. The van der Waals surface area contributed by atoms with Gasteiger partial charge in [-0.2, -0.15) is 0 Å². The minimum Gasteiger partial charge on any atom is -0.376 e. The summed E-state index contributed by atoms with van der Waals surface area (Å²) in [6.07, 6.45) is 2.81. The van der Waals surface area contributed by atoms with Crippen LogP contribution in [-0.2, 0) is 9.53 Å². The average Bonchev–Trinajstić information content (AvgIpc) is 3.17. The standard InChI is InChI=1S/C20H22N2O2S/c23-20(21-14-15-6-5-13-24-15)11-12-22-16-7-1-3-9-18(16)25-19-10-4-2-8-17(19)22/h1-4,7-10,15H,5-6,11-14H2,(H,21,23)/t15-/m0/s1. The molecule has 1 saturated heterocycles. The number of benzene rings is 2. The number of carbonyl (C=O) groups is 1. The molecule has 1 amide bonds. The van der Waals surface area contributed by atoms with Crippen LogP contribution in [0.1, 0.15) is 19.3 Å². The van der Waals surface area contributed by atoms with Crippen molar-refractivity contribution in [3.63, 3.8) is 0 Å². The van der Waals surface area contributed by atoms with Gasteiger partial charge in [0.05, 0.1) is 17.5 Å². The van der Waals surface area contributed by atoms with Crippen LogP contribution in [0.25, 0.3) is 0 Å². The topological polar surface area (TPSA) is 41.6 Å². The quantitative estimate of drug-likeness (QED) is 0.882. The number of nitrogens with one attached hydrogen (secondary N) is 1. The molecule has 1 fully saturated rings. The first-order valence-electron chi connectivity index (χ1n) is 8.83. The Balaban J connectivity index is 1.43. The second-order valence-electron chi connectivity index (χ2n) is 6.38. The summed E-state index contributed by atoms with van der Waals surface area (Å²) in [5.74, 6) is 0.0867. The maximum Gasteiger partial charge on any atom is 0.221 e. The normalized spacial score (nSPS) is 18.6. The first kappa shape index (κ1) is 16.5. The van der Waals surface area contributed by atoms with Crippen LogP contribution in [0, 0.1) is 0 Å². The van der Waals surface area contributed by atoms with Crippen molar-refractivity contribution >= 4 is 29.0 Å². The van der Waals surface area contributed by atoms with Crippen LogP contribution in [0.4, 0.5) is 11.4 Å². The molecule has 25 heavy (non-hydrogen) atoms. The highest BCUT2D eigenvalue weighted by Gasteiger charge is 2.23. The molecule has 130 valence electrons. The first-order chi connectivity index (χ1) is 12.3. The van der Waals surface area contributed by atoms with Crippen molar-refractivity contribution in [2.24, 2.45) is 0 Å². The molecule has 4 rings (SSSR count). The lowest BCUT2D eigenvalue weighted by Crippen LogP contribution is -2.34. The Morgan fingerprint density at radius 2 is 1.80 bits per heavy atom. The van der Waals surface area contributed by atoms with Crippen LogP contribution < -0.4 is 10.2 Å². The molecule has 2 aliphatic heterocycles. The van der Waals surface area contributed by atoms with E-state index in [1.165, 1.54) is 21.2 Å². The summed E-state index contributed by atoms with van der Waals surface area (Å²) in [7, 11) is 0. The van der Waals surface area contributed by atoms with Gasteiger partial charge in [-0.05, 0) is 37.1 Å². The van der Waals surface area contributed by atoms with Crippen LogP contribution >= 0.6 is 11.8 Å². The van der Waals surface area contributed by atoms with Gasteiger partial charge in [0.2, 0.25) is 5.91 Å². The molecule has 2 aromatic rings. The fourth-order valence-electron chi connectivity index (χ4n) is 3.36. The van der Waals surface area contributed by atoms with Crippen molar-refractivity contribution in [1.29, 1.82) is 0 Å². The third kappa shape index (κ3) is 3.67. The summed E-state index contributed by atoms with van der Waals surface area (Å²) in [6.45, 7) is 2.12. The van der Waals surface area contributed by atoms with Gasteiger partial charge < -0.3 is 15.0 Å². The number of para-hydroxylation sites is 2. The fraction of sp³-hybridized carbons (Fsp3) is 0.350. The monoisotopic (exact) mass is 354 g/mol. The molecule has 1 atom stereocenters. The van der Waals surface area contributed by atoms with Crippen LogP contribution in [-0.4, -0.2) is 31.7 Å². The highest BCUT2D eigenvalue weighted by molar-refractivity contribution is 7.99. The van der Waals surface area contributed by atoms with Gasteiger partial charge in [-0.25, -0.2) is 0 Å². The average molecular weight is 354 g/mol. The van der Waals surface area contributed by atoms with Gasteiger partial charge in [0.15, 0.2) is 0 Å². The molecule has 5 heteroatoms. The van der Waals surface area contributed by atoms with Crippen molar-refractivity contribution in [2.45, 2.75) is 35.2 Å². The van der Waals surface area contributed by atoms with Crippen LogP contribution in [0.2, 0.25) is 0 Å². The van der Waals surface area contributed by atoms with Crippen LogP contribution in [0.15, 0.2) is 58.3 Å². The zero-order chi connectivity index (χ0) is 17.1. The van der Waals surface area contributed by atoms with Gasteiger partial charge in [-0.1, -0.05) is 36.0 Å². The van der Waals surface area contributed by atoms with Crippen LogP contribution in [0.5, 0.6) is 0 Å². The zero-order valence-electron chi connectivity index (χ0n) is 14.1. The molecule has 0 unspecified atom stereocenters. The maximum absolute atomic E-state index is 12.3. The number of hydrogen-bond donors (Lipinski definition) is 1. The summed E-state index contributed by atoms with van der Waals surface area (Å²) in [5.41, 5.74) is 2.36. The van der Waals surface area contributed by atoms with Crippen molar-refractivity contribution in [1.82, 2.24) is 5.32 Å². The van der Waals surface area contributed by atoms with Gasteiger partial charge in [-0.15, -0.1) is 0 Å². The third-order valence-electron chi connectivity index (χ3n) is 4.65. The van der Waals surface area contributed by atoms with Gasteiger partial charge in [0.25, 0.3) is 0 Å². The second kappa shape index (κ2) is 7.50. The Morgan fingerprint density at radius 1 is 1.12 bits per heavy atom. The second-order valence-corrected chi connectivity index (χ2v) is 7.46. The number of carbonyl (C=O) groups excluding carboxylic acids is 1. The molecule has 1 N–H and O–H groups in total. The van der Waals surface area contributed by atoms with E-state index < -0.39 is 0 Å². The van der Waals surface area contributed by atoms with E-state index in [2.05, 4.69) is 58.7 Å². The van der Waals surface area contributed by atoms with Crippen LogP contribution in [0.3, 0.4) is 0 Å². The Hall–Kier alpha value is -1.98. The molecular formula is C20H22N2O2S. The van der Waals surface area contributed by atoms with E-state index in [9.17, 15) is 4.79 Å². The predicted octanol–water partition coefficient (Wildman–Crippen LogP) is 3.97. The summed E-state index contributed by atoms with van der Waals surface area (Å²) < 4.78 is 5.56. The van der Waals surface area contributed by atoms with Gasteiger partial charge in [-0.3, -0.25) is 4.79 Å². The summed E-state index contributed by atoms with van der Waals surface area (Å²) in [4.78, 5) is 17.0. The molecule has 0 bridgehead atoms. The Labute approximate surface area is 152 Å². The number of rotatable bonds is 5. The largest absolute Gasteiger partial charge is 0.376 e. The molecule has 0 aliphatic carbocycles. The number of fused-ring (bicyclic) bond motifs is 2. The lowest BCUT2D eigenvalue weighted by Gasteiger charge is -2.32. The van der Waals surface area contributed by atoms with E-state index in [4.69, 9.17) is 4.74 Å². The van der Waals surface area contributed by atoms with E-state index in [1.54, 1.807) is 11.8 Å². The highest BCUT2D eigenvalue weighted by Crippen LogP contribution is 2.47. The smallest absolute Gasteiger partial charge is 0.221 e. The van der Waals surface area contributed by atoms with E-state index in [1.807, 2.05) is 0 Å². The van der Waals surface area contributed by atoms with Gasteiger partial charge in [0, 0.05) is 35.9 Å². The summed E-state index contributed by atoms with van der Waals surface area (Å²) >= 11 is 1.79. The van der Waals surface area contributed by atoms with Crippen molar-refractivity contribution in [2.75, 3.05) is 24.6 Å². The molecule has 0 radical (unpaired) electrons. The molecule has 2 aromatic carbocycles. The first-order valence-corrected chi connectivity index (χ1v) is 9.64. The number of ether oxygens (including phenoxy) is 1. The molecule has 2 heterocycles. The lowest BCUT2D eigenvalue weighted by atomic mass is 10.2. The molecule has 0 spiro atoms. The SMILES string of the molecule is O=C(CCN1c2ccccc2Sc2ccccc21)NC[C@@H]1CCCO1. The van der Waals surface area contributed by atoms with E-state index in [0.717, 1.165) is 19.4 Å². The number of hydrogen-bond acceptors (Lipinski definition) is 4. The number of nitrogens with zero attached hydrogens (tertiary/aromatic N) is 1. The summed E-state index contributed by atoms with van der Waals surface area (Å²) in [6, 6.07) is 16.8. The molecule has 2 aliphatic rings. The van der Waals surface area contributed by atoms with E-state index >= 15 is 0 Å². The van der Waals surface area contributed by atoms with Crippen molar-refractivity contribution in [3.8, 4) is 0 Å². The Bertz CT molecular complexity index is 713. The van der Waals surface area contributed by atoms with E-state index in [0.29, 0.717) is 19.5 Å². The Kier molecular flexibility index (Phi) is 4.95. The molecule has 4 nitrogen and oxygen atoms in total. The molecule has 0 aromatic heterocycles. The van der Waals surface area contributed by atoms with Crippen molar-refractivity contribution < 1.29 is 9.53 Å². The summed E-state index contributed by atoms with van der Waals surface area (Å²) in [5, 5.41) is 3.02. The molecular weight excluding hydrogens is 332 g/mol.